The molecule has 0 aromatic carbocycles. The van der Waals surface area contributed by atoms with Crippen LogP contribution in [0.15, 0.2) is 0 Å². The van der Waals surface area contributed by atoms with Gasteiger partial charge in [0.1, 0.15) is 0 Å². The minimum absolute atomic E-state index is 0.561. The van der Waals surface area contributed by atoms with Crippen molar-refractivity contribution in [3.8, 4) is 0 Å². The third-order valence-electron chi connectivity index (χ3n) is 5.89. The van der Waals surface area contributed by atoms with Crippen LogP contribution in [0.1, 0.15) is 44.9 Å². The molecule has 0 unspecified atom stereocenters. The first-order valence-corrected chi connectivity index (χ1v) is 8.70. The molecular formula is C16H32N4. The molecule has 0 bridgehead atoms. The summed E-state index contributed by atoms with van der Waals surface area (Å²) < 4.78 is 0. The summed E-state index contributed by atoms with van der Waals surface area (Å²) in [6.07, 6.45) is 9.67. The van der Waals surface area contributed by atoms with Crippen LogP contribution in [-0.4, -0.2) is 51.4 Å². The van der Waals surface area contributed by atoms with Crippen LogP contribution in [0.3, 0.4) is 0 Å². The van der Waals surface area contributed by atoms with Gasteiger partial charge >= 0.3 is 0 Å². The van der Waals surface area contributed by atoms with Crippen LogP contribution in [0.4, 0.5) is 0 Å². The van der Waals surface area contributed by atoms with Gasteiger partial charge in [0.15, 0.2) is 0 Å². The van der Waals surface area contributed by atoms with Crippen LogP contribution in [0.2, 0.25) is 0 Å². The van der Waals surface area contributed by atoms with Crippen molar-refractivity contribution in [1.29, 1.82) is 0 Å². The number of hydrogen-bond acceptors (Lipinski definition) is 4. The van der Waals surface area contributed by atoms with E-state index >= 15 is 0 Å². The molecule has 0 saturated carbocycles. The Kier molecular flexibility index (Phi) is 4.97. The zero-order chi connectivity index (χ0) is 13.7. The van der Waals surface area contributed by atoms with E-state index < -0.39 is 0 Å². The minimum Gasteiger partial charge on any atom is -0.317 e. The summed E-state index contributed by atoms with van der Waals surface area (Å²) in [5.41, 5.74) is 1.26. The van der Waals surface area contributed by atoms with Gasteiger partial charge in [-0.1, -0.05) is 0 Å². The van der Waals surface area contributed by atoms with E-state index in [-0.39, 0.29) is 0 Å². The first kappa shape index (κ1) is 14.8. The fourth-order valence-electron chi connectivity index (χ4n) is 4.38. The Balaban J connectivity index is 0.000000121. The maximum Gasteiger partial charge on any atom is 0.0206 e. The van der Waals surface area contributed by atoms with Gasteiger partial charge in [0.05, 0.1) is 0 Å². The van der Waals surface area contributed by atoms with Gasteiger partial charge in [-0.2, -0.15) is 0 Å². The Morgan fingerprint density at radius 2 is 1.15 bits per heavy atom. The first-order chi connectivity index (χ1) is 9.83. The summed E-state index contributed by atoms with van der Waals surface area (Å²) in [7, 11) is 0. The molecule has 0 amide bonds. The molecule has 0 aromatic heterocycles. The second-order valence-electron chi connectivity index (χ2n) is 7.24. The number of rotatable bonds is 0. The minimum atomic E-state index is 0.561. The van der Waals surface area contributed by atoms with E-state index in [9.17, 15) is 0 Å². The van der Waals surface area contributed by atoms with Crippen LogP contribution in [0, 0.1) is 5.41 Å². The predicted octanol–water partition coefficient (Wildman–Crippen LogP) is 0.842. The molecule has 0 radical (unpaired) electrons. The smallest absolute Gasteiger partial charge is 0.0206 e. The van der Waals surface area contributed by atoms with Gasteiger partial charge in [-0.3, -0.25) is 0 Å². The monoisotopic (exact) mass is 280 g/mol. The van der Waals surface area contributed by atoms with Crippen molar-refractivity contribution in [1.82, 2.24) is 21.3 Å². The summed E-state index contributed by atoms with van der Waals surface area (Å²) in [6.45, 7) is 8.68. The van der Waals surface area contributed by atoms with Crippen molar-refractivity contribution in [2.45, 2.75) is 50.5 Å². The standard InChI is InChI=1S/2C8H16N2/c1-4-9-5-2-8(1)3-6-10-7-8;1-2-8(10-5-1)3-6-9-7-4-8/h2*9-10H,1-7H2. The van der Waals surface area contributed by atoms with Gasteiger partial charge in [0.25, 0.3) is 0 Å². The lowest BCUT2D eigenvalue weighted by atomic mass is 9.78. The molecule has 2 spiro atoms. The van der Waals surface area contributed by atoms with E-state index in [4.69, 9.17) is 0 Å². The fourth-order valence-corrected chi connectivity index (χ4v) is 4.38. The van der Waals surface area contributed by atoms with Gasteiger partial charge < -0.3 is 21.3 Å². The van der Waals surface area contributed by atoms with Crippen LogP contribution in [0.25, 0.3) is 0 Å². The Morgan fingerprint density at radius 1 is 0.550 bits per heavy atom. The highest BCUT2D eigenvalue weighted by Gasteiger charge is 2.34. The lowest BCUT2D eigenvalue weighted by molar-refractivity contribution is 0.229. The van der Waals surface area contributed by atoms with Crippen molar-refractivity contribution in [2.75, 3.05) is 45.8 Å². The maximum absolute atomic E-state index is 3.63. The summed E-state index contributed by atoms with van der Waals surface area (Å²) in [6, 6.07) is 0. The van der Waals surface area contributed by atoms with E-state index in [0.717, 1.165) is 0 Å². The van der Waals surface area contributed by atoms with Crippen LogP contribution < -0.4 is 21.3 Å². The molecule has 4 heteroatoms. The van der Waals surface area contributed by atoms with Crippen molar-refractivity contribution in [3.05, 3.63) is 0 Å². The van der Waals surface area contributed by atoms with Gasteiger partial charge in [-0.15, -0.1) is 0 Å². The Bertz CT molecular complexity index is 247. The molecule has 4 saturated heterocycles. The number of piperidine rings is 2. The van der Waals surface area contributed by atoms with Crippen molar-refractivity contribution in [3.63, 3.8) is 0 Å². The largest absolute Gasteiger partial charge is 0.317 e. The van der Waals surface area contributed by atoms with Crippen LogP contribution >= 0.6 is 0 Å². The summed E-state index contributed by atoms with van der Waals surface area (Å²) in [5.74, 6) is 0. The molecule has 116 valence electrons. The number of nitrogens with one attached hydrogen (secondary N) is 4. The Labute approximate surface area is 123 Å². The van der Waals surface area contributed by atoms with Crippen LogP contribution in [-0.2, 0) is 0 Å². The number of hydrogen-bond donors (Lipinski definition) is 4. The second kappa shape index (κ2) is 6.73. The highest BCUT2D eigenvalue weighted by atomic mass is 15.0. The zero-order valence-corrected chi connectivity index (χ0v) is 12.9. The third-order valence-corrected chi connectivity index (χ3v) is 5.89. The predicted molar refractivity (Wildman–Crippen MR) is 84.1 cm³/mol. The molecule has 20 heavy (non-hydrogen) atoms. The van der Waals surface area contributed by atoms with Crippen LogP contribution in [0.5, 0.6) is 0 Å². The third kappa shape index (κ3) is 3.53. The molecule has 4 fully saturated rings. The maximum atomic E-state index is 3.63. The summed E-state index contributed by atoms with van der Waals surface area (Å²) in [5, 5.41) is 13.9. The summed E-state index contributed by atoms with van der Waals surface area (Å²) >= 11 is 0. The zero-order valence-electron chi connectivity index (χ0n) is 12.9. The SMILES string of the molecule is C1CC2(CCN1)CCNC2.C1CNC2(C1)CCNCC2. The molecule has 4 aliphatic heterocycles. The molecule has 4 aliphatic rings. The topological polar surface area (TPSA) is 48.1 Å². The van der Waals surface area contributed by atoms with Gasteiger partial charge in [-0.05, 0) is 89.6 Å². The molecule has 4 nitrogen and oxygen atoms in total. The van der Waals surface area contributed by atoms with Crippen molar-refractivity contribution < 1.29 is 0 Å². The van der Waals surface area contributed by atoms with E-state index in [1.54, 1.807) is 0 Å². The average Bonchev–Trinajstić information content (AvgIpc) is 3.12. The highest BCUT2D eigenvalue weighted by Crippen LogP contribution is 2.34. The van der Waals surface area contributed by atoms with Gasteiger partial charge in [0.2, 0.25) is 0 Å². The molecular weight excluding hydrogens is 248 g/mol. The quantitative estimate of drug-likeness (QED) is 0.531. The molecule has 4 rings (SSSR count). The first-order valence-electron chi connectivity index (χ1n) is 8.70. The van der Waals surface area contributed by atoms with E-state index in [0.29, 0.717) is 11.0 Å². The lowest BCUT2D eigenvalue weighted by Gasteiger charge is -2.33. The van der Waals surface area contributed by atoms with Crippen molar-refractivity contribution in [2.24, 2.45) is 5.41 Å². The van der Waals surface area contributed by atoms with E-state index in [2.05, 4.69) is 21.3 Å². The normalized spacial score (nSPS) is 31.2. The fraction of sp³-hybridized carbons (Fsp3) is 1.00. The molecule has 0 aromatic rings. The van der Waals surface area contributed by atoms with E-state index in [1.165, 1.54) is 90.8 Å². The molecule has 0 aliphatic carbocycles. The average molecular weight is 280 g/mol. The highest BCUT2D eigenvalue weighted by molar-refractivity contribution is 4.96. The molecule has 4 heterocycles. The van der Waals surface area contributed by atoms with Crippen molar-refractivity contribution >= 4 is 0 Å². The second-order valence-corrected chi connectivity index (χ2v) is 7.24. The Hall–Kier alpha value is -0.160. The van der Waals surface area contributed by atoms with Gasteiger partial charge in [0, 0.05) is 12.1 Å². The van der Waals surface area contributed by atoms with E-state index in [1.807, 2.05) is 0 Å². The van der Waals surface area contributed by atoms with Gasteiger partial charge in [-0.25, -0.2) is 0 Å². The Morgan fingerprint density at radius 3 is 1.70 bits per heavy atom. The molecule has 4 N–H and O–H groups in total. The summed E-state index contributed by atoms with van der Waals surface area (Å²) in [4.78, 5) is 0. The molecule has 0 atom stereocenters. The lowest BCUT2D eigenvalue weighted by Crippen LogP contribution is -2.48.